The van der Waals surface area contributed by atoms with Crippen molar-refractivity contribution in [3.63, 3.8) is 0 Å². The molecule has 4 heteroatoms. The van der Waals surface area contributed by atoms with E-state index in [-0.39, 0.29) is 17.6 Å². The highest BCUT2D eigenvalue weighted by molar-refractivity contribution is 6.31. The van der Waals surface area contributed by atoms with E-state index in [0.29, 0.717) is 11.4 Å². The summed E-state index contributed by atoms with van der Waals surface area (Å²) in [6, 6.07) is 11.6. The van der Waals surface area contributed by atoms with Crippen LogP contribution in [0.5, 0.6) is 5.75 Å². The summed E-state index contributed by atoms with van der Waals surface area (Å²) >= 11 is 6.17. The van der Waals surface area contributed by atoms with E-state index in [1.807, 2.05) is 12.1 Å². The van der Waals surface area contributed by atoms with Gasteiger partial charge in [-0.15, -0.1) is 0 Å². The zero-order valence-electron chi connectivity index (χ0n) is 11.9. The maximum absolute atomic E-state index is 13.2. The van der Waals surface area contributed by atoms with E-state index in [1.54, 1.807) is 18.2 Å². The van der Waals surface area contributed by atoms with E-state index in [2.05, 4.69) is 12.2 Å². The lowest BCUT2D eigenvalue weighted by atomic mass is 9.98. The maximum atomic E-state index is 13.2. The maximum Gasteiger partial charge on any atom is 0.124 e. The van der Waals surface area contributed by atoms with Crippen molar-refractivity contribution < 1.29 is 9.50 Å². The van der Waals surface area contributed by atoms with Crippen LogP contribution in [0.2, 0.25) is 5.02 Å². The third-order valence-corrected chi connectivity index (χ3v) is 3.66. The number of hydrogen-bond acceptors (Lipinski definition) is 2. The molecule has 1 unspecified atom stereocenters. The molecule has 2 nitrogen and oxygen atoms in total. The van der Waals surface area contributed by atoms with Crippen molar-refractivity contribution >= 4 is 11.6 Å². The largest absolute Gasteiger partial charge is 0.508 e. The molecule has 112 valence electrons. The quantitative estimate of drug-likeness (QED) is 0.825. The standard InChI is InChI=1S/C17H19ClFNO/c1-2-8-20-17(10-12-4-3-5-14(21)9-12)15-7-6-13(19)11-16(15)18/h3-7,9,11,17,20-21H,2,8,10H2,1H3. The average molecular weight is 308 g/mol. The van der Waals surface area contributed by atoms with Crippen LogP contribution in [0, 0.1) is 5.82 Å². The highest BCUT2D eigenvalue weighted by atomic mass is 35.5. The van der Waals surface area contributed by atoms with Gasteiger partial charge in [-0.3, -0.25) is 0 Å². The molecule has 2 aromatic rings. The summed E-state index contributed by atoms with van der Waals surface area (Å²) in [5, 5.41) is 13.4. The van der Waals surface area contributed by atoms with Crippen LogP contribution >= 0.6 is 11.6 Å². The van der Waals surface area contributed by atoms with E-state index in [9.17, 15) is 9.50 Å². The third-order valence-electron chi connectivity index (χ3n) is 3.33. The van der Waals surface area contributed by atoms with Gasteiger partial charge in [0.1, 0.15) is 11.6 Å². The molecule has 21 heavy (non-hydrogen) atoms. The number of hydrogen-bond donors (Lipinski definition) is 2. The minimum Gasteiger partial charge on any atom is -0.508 e. The first-order chi connectivity index (χ1) is 10.1. The molecule has 2 N–H and O–H groups in total. The van der Waals surface area contributed by atoms with Gasteiger partial charge in [-0.05, 0) is 54.8 Å². The molecule has 0 spiro atoms. The number of phenolic OH excluding ortho intramolecular Hbond substituents is 1. The van der Waals surface area contributed by atoms with Crippen molar-refractivity contribution in [3.8, 4) is 5.75 Å². The molecular formula is C17H19ClFNO. The fourth-order valence-electron chi connectivity index (χ4n) is 2.31. The molecule has 0 bridgehead atoms. The number of aromatic hydroxyl groups is 1. The van der Waals surface area contributed by atoms with Crippen molar-refractivity contribution in [2.24, 2.45) is 0 Å². The van der Waals surface area contributed by atoms with E-state index in [1.165, 1.54) is 12.1 Å². The van der Waals surface area contributed by atoms with E-state index in [4.69, 9.17) is 11.6 Å². The molecule has 2 aromatic carbocycles. The SMILES string of the molecule is CCCNC(Cc1cccc(O)c1)c1ccc(F)cc1Cl. The highest BCUT2D eigenvalue weighted by Crippen LogP contribution is 2.27. The van der Waals surface area contributed by atoms with Crippen LogP contribution in [0.1, 0.15) is 30.5 Å². The van der Waals surface area contributed by atoms with Crippen LogP contribution in [-0.2, 0) is 6.42 Å². The molecule has 1 atom stereocenters. The van der Waals surface area contributed by atoms with Gasteiger partial charge in [-0.1, -0.05) is 36.7 Å². The Hall–Kier alpha value is -1.58. The zero-order chi connectivity index (χ0) is 15.2. The molecule has 0 aromatic heterocycles. The summed E-state index contributed by atoms with van der Waals surface area (Å²) in [5.41, 5.74) is 1.87. The molecule has 0 aliphatic carbocycles. The number of phenols is 1. The summed E-state index contributed by atoms with van der Waals surface area (Å²) in [6.45, 7) is 2.93. The summed E-state index contributed by atoms with van der Waals surface area (Å²) in [6.07, 6.45) is 1.68. The molecule has 2 rings (SSSR count). The molecule has 0 aliphatic rings. The highest BCUT2D eigenvalue weighted by Gasteiger charge is 2.15. The van der Waals surface area contributed by atoms with Crippen molar-refractivity contribution in [2.45, 2.75) is 25.8 Å². The van der Waals surface area contributed by atoms with Gasteiger partial charge in [-0.25, -0.2) is 4.39 Å². The first kappa shape index (κ1) is 15.8. The zero-order valence-corrected chi connectivity index (χ0v) is 12.7. The van der Waals surface area contributed by atoms with Gasteiger partial charge in [0.25, 0.3) is 0 Å². The number of benzene rings is 2. The van der Waals surface area contributed by atoms with Gasteiger partial charge in [-0.2, -0.15) is 0 Å². The minimum absolute atomic E-state index is 0.0140. The summed E-state index contributed by atoms with van der Waals surface area (Å²) < 4.78 is 13.2. The van der Waals surface area contributed by atoms with Gasteiger partial charge in [0.2, 0.25) is 0 Å². The molecule has 0 amide bonds. The first-order valence-corrected chi connectivity index (χ1v) is 7.44. The van der Waals surface area contributed by atoms with Gasteiger partial charge in [0.05, 0.1) is 0 Å². The van der Waals surface area contributed by atoms with E-state index >= 15 is 0 Å². The lowest BCUT2D eigenvalue weighted by molar-refractivity contribution is 0.473. The smallest absolute Gasteiger partial charge is 0.124 e. The Kier molecular flexibility index (Phi) is 5.59. The monoisotopic (exact) mass is 307 g/mol. The second kappa shape index (κ2) is 7.43. The first-order valence-electron chi connectivity index (χ1n) is 7.06. The molecular weight excluding hydrogens is 289 g/mol. The molecule has 0 heterocycles. The van der Waals surface area contributed by atoms with Crippen LogP contribution in [0.3, 0.4) is 0 Å². The second-order valence-electron chi connectivity index (χ2n) is 5.05. The Bertz CT molecular complexity index is 603. The van der Waals surface area contributed by atoms with Gasteiger partial charge < -0.3 is 10.4 Å². The van der Waals surface area contributed by atoms with Crippen LogP contribution in [0.4, 0.5) is 4.39 Å². The van der Waals surface area contributed by atoms with Crippen LogP contribution in [0.15, 0.2) is 42.5 Å². The van der Waals surface area contributed by atoms with Crippen molar-refractivity contribution in [3.05, 3.63) is 64.4 Å². The van der Waals surface area contributed by atoms with E-state index < -0.39 is 0 Å². The van der Waals surface area contributed by atoms with E-state index in [0.717, 1.165) is 24.1 Å². The van der Waals surface area contributed by atoms with Crippen molar-refractivity contribution in [1.82, 2.24) is 5.32 Å². The Morgan fingerprint density at radius 2 is 2.05 bits per heavy atom. The van der Waals surface area contributed by atoms with Crippen LogP contribution < -0.4 is 5.32 Å². The number of nitrogens with one attached hydrogen (secondary N) is 1. The second-order valence-corrected chi connectivity index (χ2v) is 5.45. The Morgan fingerprint density at radius 3 is 2.71 bits per heavy atom. The third kappa shape index (κ3) is 4.45. The van der Waals surface area contributed by atoms with Gasteiger partial charge in [0.15, 0.2) is 0 Å². The number of halogens is 2. The fourth-order valence-corrected chi connectivity index (χ4v) is 2.61. The van der Waals surface area contributed by atoms with Crippen molar-refractivity contribution in [2.75, 3.05) is 6.54 Å². The topological polar surface area (TPSA) is 32.3 Å². The van der Waals surface area contributed by atoms with Crippen LogP contribution in [0.25, 0.3) is 0 Å². The molecule has 0 saturated carbocycles. The van der Waals surface area contributed by atoms with Gasteiger partial charge in [0, 0.05) is 11.1 Å². The van der Waals surface area contributed by atoms with Crippen LogP contribution in [-0.4, -0.2) is 11.7 Å². The van der Waals surface area contributed by atoms with Crippen molar-refractivity contribution in [1.29, 1.82) is 0 Å². The predicted molar refractivity (Wildman–Crippen MR) is 84.3 cm³/mol. The number of rotatable bonds is 6. The summed E-state index contributed by atoms with van der Waals surface area (Å²) in [5.74, 6) is -0.0951. The molecule has 0 fully saturated rings. The fraction of sp³-hybridized carbons (Fsp3) is 0.294. The lowest BCUT2D eigenvalue weighted by Crippen LogP contribution is -2.24. The molecule has 0 aliphatic heterocycles. The minimum atomic E-state index is -0.338. The Labute approximate surface area is 129 Å². The molecule has 0 saturated heterocycles. The Morgan fingerprint density at radius 1 is 1.24 bits per heavy atom. The normalized spacial score (nSPS) is 12.3. The Balaban J connectivity index is 2.25. The average Bonchev–Trinajstić information content (AvgIpc) is 2.44. The molecule has 0 radical (unpaired) electrons. The van der Waals surface area contributed by atoms with Gasteiger partial charge >= 0.3 is 0 Å². The summed E-state index contributed by atoms with van der Waals surface area (Å²) in [4.78, 5) is 0. The lowest BCUT2D eigenvalue weighted by Gasteiger charge is -2.20. The predicted octanol–water partition coefficient (Wildman–Crippen LogP) is 4.47. The summed E-state index contributed by atoms with van der Waals surface area (Å²) in [7, 11) is 0.